The van der Waals surface area contributed by atoms with Gasteiger partial charge in [0.05, 0.1) is 11.5 Å². The minimum atomic E-state index is -0.646. The maximum Gasteiger partial charge on any atom is 0.334 e. The van der Waals surface area contributed by atoms with E-state index in [1.807, 2.05) is 0 Å². The number of Topliss-reactive ketones (excluding diaryl/α,β-unsaturated/α-hetero) is 1. The highest BCUT2D eigenvalue weighted by Gasteiger charge is 2.23. The number of hydrogen-bond donors (Lipinski definition) is 1. The quantitative estimate of drug-likeness (QED) is 0.364. The molecule has 0 spiro atoms. The molecule has 1 rings (SSSR count). The lowest BCUT2D eigenvalue weighted by Crippen LogP contribution is -2.06. The van der Waals surface area contributed by atoms with Crippen molar-refractivity contribution in [1.82, 2.24) is 0 Å². The summed E-state index contributed by atoms with van der Waals surface area (Å²) in [7, 11) is 0. The summed E-state index contributed by atoms with van der Waals surface area (Å²) in [5.41, 5.74) is 5.21. The van der Waals surface area contributed by atoms with E-state index in [1.165, 1.54) is 19.1 Å². The van der Waals surface area contributed by atoms with E-state index in [0.717, 1.165) is 0 Å². The topological polar surface area (TPSA) is 95.5 Å². The van der Waals surface area contributed by atoms with Gasteiger partial charge in [-0.05, 0) is 26.0 Å². The van der Waals surface area contributed by atoms with Gasteiger partial charge in [0.15, 0.2) is 11.5 Å². The highest BCUT2D eigenvalue weighted by molar-refractivity contribution is 6.01. The molecule has 0 aliphatic heterocycles. The molecule has 0 saturated carbocycles. The Morgan fingerprint density at radius 2 is 2.19 bits per heavy atom. The summed E-state index contributed by atoms with van der Waals surface area (Å²) in [5.74, 6) is -0.237. The monoisotopic (exact) mass is 224 g/mol. The van der Waals surface area contributed by atoms with Crippen LogP contribution >= 0.6 is 0 Å². The zero-order chi connectivity index (χ0) is 12.3. The number of carbonyl (C=O) groups excluding carboxylic acids is 1. The van der Waals surface area contributed by atoms with Crippen LogP contribution in [0.1, 0.15) is 24.2 Å². The molecule has 0 aliphatic carbocycles. The van der Waals surface area contributed by atoms with Crippen molar-refractivity contribution in [3.63, 3.8) is 0 Å². The summed E-state index contributed by atoms with van der Waals surface area (Å²) in [5, 5.41) is 10.8. The third kappa shape index (κ3) is 2.10. The average molecular weight is 224 g/mol. The van der Waals surface area contributed by atoms with Crippen LogP contribution in [0, 0.1) is 10.1 Å². The standard InChI is InChI=1S/C10H12N2O4/c1-3-16-8-5-4-7(6(2)13)9(11)10(8)12(14)15/h4-5H,3,11H2,1-2H3. The molecule has 2 N–H and O–H groups in total. The van der Waals surface area contributed by atoms with Gasteiger partial charge in [-0.1, -0.05) is 0 Å². The van der Waals surface area contributed by atoms with Crippen LogP contribution in [-0.2, 0) is 0 Å². The number of ether oxygens (including phenoxy) is 1. The fraction of sp³-hybridized carbons (Fsp3) is 0.300. The van der Waals surface area contributed by atoms with Crippen LogP contribution in [0.4, 0.5) is 11.4 Å². The van der Waals surface area contributed by atoms with E-state index >= 15 is 0 Å². The normalized spacial score (nSPS) is 9.88. The number of rotatable bonds is 4. The van der Waals surface area contributed by atoms with Crippen LogP contribution in [0.5, 0.6) is 5.75 Å². The van der Waals surface area contributed by atoms with Gasteiger partial charge in [-0.2, -0.15) is 0 Å². The molecule has 1 aromatic rings. The minimum absolute atomic E-state index is 0.0787. The molecule has 0 bridgehead atoms. The minimum Gasteiger partial charge on any atom is -0.487 e. The molecule has 0 radical (unpaired) electrons. The molecule has 0 fully saturated rings. The Hall–Kier alpha value is -2.11. The third-order valence-electron chi connectivity index (χ3n) is 2.04. The van der Waals surface area contributed by atoms with Crippen molar-refractivity contribution < 1.29 is 14.5 Å². The Labute approximate surface area is 92.2 Å². The number of carbonyl (C=O) groups is 1. The molecule has 0 atom stereocenters. The molecule has 0 aromatic heterocycles. The predicted molar refractivity (Wildman–Crippen MR) is 58.7 cm³/mol. The van der Waals surface area contributed by atoms with Gasteiger partial charge >= 0.3 is 5.69 Å². The molecule has 0 aliphatic rings. The zero-order valence-electron chi connectivity index (χ0n) is 9.02. The molecule has 1 aromatic carbocycles. The van der Waals surface area contributed by atoms with Gasteiger partial charge in [-0.25, -0.2) is 0 Å². The number of nitrogen functional groups attached to an aromatic ring is 1. The smallest absolute Gasteiger partial charge is 0.334 e. The number of hydrogen-bond acceptors (Lipinski definition) is 5. The number of nitro benzene ring substituents is 1. The van der Waals surface area contributed by atoms with Crippen molar-refractivity contribution in [2.24, 2.45) is 0 Å². The highest BCUT2D eigenvalue weighted by Crippen LogP contribution is 2.35. The third-order valence-corrected chi connectivity index (χ3v) is 2.04. The summed E-state index contributed by atoms with van der Waals surface area (Å²) < 4.78 is 5.08. The molecule has 86 valence electrons. The van der Waals surface area contributed by atoms with E-state index in [0.29, 0.717) is 6.61 Å². The highest BCUT2D eigenvalue weighted by atomic mass is 16.6. The van der Waals surface area contributed by atoms with Crippen molar-refractivity contribution in [3.8, 4) is 5.75 Å². The maximum atomic E-state index is 11.2. The lowest BCUT2D eigenvalue weighted by Gasteiger charge is -2.08. The Morgan fingerprint density at radius 1 is 1.56 bits per heavy atom. The van der Waals surface area contributed by atoms with Crippen LogP contribution in [0.25, 0.3) is 0 Å². The summed E-state index contributed by atoms with van der Waals surface area (Å²) in [6.45, 7) is 3.30. The SMILES string of the molecule is CCOc1ccc(C(C)=O)c(N)c1[N+](=O)[O-]. The Morgan fingerprint density at radius 3 is 2.62 bits per heavy atom. The van der Waals surface area contributed by atoms with E-state index < -0.39 is 4.92 Å². The van der Waals surface area contributed by atoms with Crippen molar-refractivity contribution >= 4 is 17.2 Å². The Balaban J connectivity index is 3.41. The summed E-state index contributed by atoms with van der Waals surface area (Å²) in [6, 6.07) is 2.81. The predicted octanol–water partition coefficient (Wildman–Crippen LogP) is 1.78. The number of nitro groups is 1. The molecule has 6 heteroatoms. The van der Waals surface area contributed by atoms with Gasteiger partial charge in [-0.3, -0.25) is 14.9 Å². The van der Waals surface area contributed by atoms with Crippen molar-refractivity contribution in [1.29, 1.82) is 0 Å². The maximum absolute atomic E-state index is 11.2. The lowest BCUT2D eigenvalue weighted by atomic mass is 10.1. The van der Waals surface area contributed by atoms with Crippen molar-refractivity contribution in [2.45, 2.75) is 13.8 Å². The molecule has 0 amide bonds. The second-order valence-corrected chi connectivity index (χ2v) is 3.12. The molecular weight excluding hydrogens is 212 g/mol. The first kappa shape index (κ1) is 12.0. The number of ketones is 1. The van der Waals surface area contributed by atoms with E-state index in [9.17, 15) is 14.9 Å². The van der Waals surface area contributed by atoms with Gasteiger partial charge in [0.25, 0.3) is 0 Å². The summed E-state index contributed by atoms with van der Waals surface area (Å²) >= 11 is 0. The molecule has 0 unspecified atom stereocenters. The van der Waals surface area contributed by atoms with Crippen molar-refractivity contribution in [3.05, 3.63) is 27.8 Å². The largest absolute Gasteiger partial charge is 0.487 e. The second-order valence-electron chi connectivity index (χ2n) is 3.12. The van der Waals surface area contributed by atoms with Crippen molar-refractivity contribution in [2.75, 3.05) is 12.3 Å². The average Bonchev–Trinajstić information content (AvgIpc) is 2.17. The summed E-state index contributed by atoms with van der Waals surface area (Å²) in [4.78, 5) is 21.3. The Kier molecular flexibility index (Phi) is 3.44. The van der Waals surface area contributed by atoms with Gasteiger partial charge in [-0.15, -0.1) is 0 Å². The van der Waals surface area contributed by atoms with Gasteiger partial charge in [0.2, 0.25) is 0 Å². The van der Waals surface area contributed by atoms with Gasteiger partial charge in [0, 0.05) is 5.56 Å². The van der Waals surface area contributed by atoms with E-state index in [1.54, 1.807) is 6.92 Å². The molecular formula is C10H12N2O4. The second kappa shape index (κ2) is 4.61. The fourth-order valence-corrected chi connectivity index (χ4v) is 1.36. The number of nitrogens with two attached hydrogens (primary N) is 1. The molecule has 0 heterocycles. The van der Waals surface area contributed by atoms with Crippen LogP contribution in [-0.4, -0.2) is 17.3 Å². The fourth-order valence-electron chi connectivity index (χ4n) is 1.36. The van der Waals surface area contributed by atoms with E-state index in [4.69, 9.17) is 10.5 Å². The molecule has 6 nitrogen and oxygen atoms in total. The zero-order valence-corrected chi connectivity index (χ0v) is 9.02. The van der Waals surface area contributed by atoms with Gasteiger partial charge in [0.1, 0.15) is 5.69 Å². The first-order valence-electron chi connectivity index (χ1n) is 4.69. The molecule has 16 heavy (non-hydrogen) atoms. The van der Waals surface area contributed by atoms with E-state index in [2.05, 4.69) is 0 Å². The number of benzene rings is 1. The van der Waals surface area contributed by atoms with Crippen LogP contribution in [0.15, 0.2) is 12.1 Å². The van der Waals surface area contributed by atoms with Gasteiger partial charge < -0.3 is 10.5 Å². The van der Waals surface area contributed by atoms with Crippen LogP contribution < -0.4 is 10.5 Å². The first-order valence-corrected chi connectivity index (χ1v) is 4.69. The van der Waals surface area contributed by atoms with Crippen LogP contribution in [0.3, 0.4) is 0 Å². The van der Waals surface area contributed by atoms with E-state index in [-0.39, 0.29) is 28.5 Å². The Bertz CT molecular complexity index is 443. The van der Waals surface area contributed by atoms with Crippen LogP contribution in [0.2, 0.25) is 0 Å². The first-order chi connectivity index (χ1) is 7.49. The summed E-state index contributed by atoms with van der Waals surface area (Å²) in [6.07, 6.45) is 0. The number of nitrogens with zero attached hydrogens (tertiary/aromatic N) is 1. The number of anilines is 1. The molecule has 0 saturated heterocycles. The lowest BCUT2D eigenvalue weighted by molar-refractivity contribution is -0.384.